The molecule has 2 aromatic heterocycles. The lowest BCUT2D eigenvalue weighted by Crippen LogP contribution is -1.98. The topological polar surface area (TPSA) is 102 Å². The summed E-state index contributed by atoms with van der Waals surface area (Å²) in [6.45, 7) is 0. The highest BCUT2D eigenvalue weighted by Gasteiger charge is 2.21. The first-order chi connectivity index (χ1) is 6.68. The smallest absolute Gasteiger partial charge is 0.358 e. The maximum Gasteiger partial charge on any atom is 0.358 e. The minimum absolute atomic E-state index is 0.0278. The molecule has 3 N–H and O–H groups in total. The first-order valence-corrected chi connectivity index (χ1v) is 3.72. The van der Waals surface area contributed by atoms with Crippen LogP contribution >= 0.6 is 0 Å². The molecule has 0 unspecified atom stereocenters. The molecule has 0 aromatic carbocycles. The standard InChI is InChI=1S/C8H6N2O4/c9-8-10-5(7(11)12)6(14-8)4-2-1-3-13-4/h1-3H,(H2,9,10)(H,11,12). The zero-order valence-corrected chi connectivity index (χ0v) is 6.93. The van der Waals surface area contributed by atoms with E-state index in [0.717, 1.165) is 0 Å². The number of anilines is 1. The molecule has 0 aliphatic heterocycles. The summed E-state index contributed by atoms with van der Waals surface area (Å²) in [5.74, 6) is -0.900. The van der Waals surface area contributed by atoms with Crippen molar-refractivity contribution in [2.24, 2.45) is 0 Å². The maximum atomic E-state index is 10.7. The number of nitrogen functional groups attached to an aromatic ring is 1. The van der Waals surface area contributed by atoms with Crippen molar-refractivity contribution in [2.45, 2.75) is 0 Å². The fraction of sp³-hybridized carbons (Fsp3) is 0. The van der Waals surface area contributed by atoms with Gasteiger partial charge in [0.1, 0.15) is 0 Å². The van der Waals surface area contributed by atoms with E-state index in [0.29, 0.717) is 0 Å². The van der Waals surface area contributed by atoms with Crippen LogP contribution in [-0.2, 0) is 0 Å². The van der Waals surface area contributed by atoms with Gasteiger partial charge >= 0.3 is 5.97 Å². The van der Waals surface area contributed by atoms with Crippen molar-refractivity contribution in [3.8, 4) is 11.5 Å². The SMILES string of the molecule is Nc1nc(C(=O)O)c(-c2ccco2)o1. The quantitative estimate of drug-likeness (QED) is 0.744. The van der Waals surface area contributed by atoms with Crippen molar-refractivity contribution in [3.63, 3.8) is 0 Å². The number of nitrogens with zero attached hydrogens (tertiary/aromatic N) is 1. The lowest BCUT2D eigenvalue weighted by atomic mass is 10.3. The van der Waals surface area contributed by atoms with Gasteiger partial charge in [-0.05, 0) is 12.1 Å². The molecule has 0 radical (unpaired) electrons. The van der Waals surface area contributed by atoms with Crippen molar-refractivity contribution >= 4 is 12.0 Å². The van der Waals surface area contributed by atoms with Gasteiger partial charge in [-0.25, -0.2) is 4.79 Å². The van der Waals surface area contributed by atoms with Crippen LogP contribution in [-0.4, -0.2) is 16.1 Å². The van der Waals surface area contributed by atoms with E-state index in [2.05, 4.69) is 4.98 Å². The van der Waals surface area contributed by atoms with Gasteiger partial charge in [-0.1, -0.05) is 0 Å². The number of carboxylic acid groups (broad SMARTS) is 1. The van der Waals surface area contributed by atoms with Crippen LogP contribution in [0, 0.1) is 0 Å². The van der Waals surface area contributed by atoms with Gasteiger partial charge in [0.15, 0.2) is 11.5 Å². The zero-order valence-electron chi connectivity index (χ0n) is 6.93. The number of aromatic carboxylic acids is 1. The Labute approximate surface area is 78.0 Å². The summed E-state index contributed by atoms with van der Waals surface area (Å²) in [5, 5.41) is 8.76. The van der Waals surface area contributed by atoms with E-state index in [1.54, 1.807) is 12.1 Å². The lowest BCUT2D eigenvalue weighted by molar-refractivity contribution is 0.0691. The van der Waals surface area contributed by atoms with Crippen LogP contribution in [0.3, 0.4) is 0 Å². The number of aromatic nitrogens is 1. The van der Waals surface area contributed by atoms with Gasteiger partial charge in [0.05, 0.1) is 6.26 Å². The molecule has 6 heteroatoms. The number of nitrogens with two attached hydrogens (primary N) is 1. The third-order valence-electron chi connectivity index (χ3n) is 1.59. The van der Waals surface area contributed by atoms with Crippen molar-refractivity contribution in [2.75, 3.05) is 5.73 Å². The predicted molar refractivity (Wildman–Crippen MR) is 45.6 cm³/mol. The third kappa shape index (κ3) is 1.22. The number of hydrogen-bond donors (Lipinski definition) is 2. The Morgan fingerprint density at radius 1 is 1.57 bits per heavy atom. The van der Waals surface area contributed by atoms with Crippen LogP contribution in [0.25, 0.3) is 11.5 Å². The predicted octanol–water partition coefficient (Wildman–Crippen LogP) is 1.22. The minimum atomic E-state index is -1.21. The number of carboxylic acids is 1. The van der Waals surface area contributed by atoms with Gasteiger partial charge < -0.3 is 19.7 Å². The molecule has 0 fully saturated rings. The fourth-order valence-electron chi connectivity index (χ4n) is 1.06. The minimum Gasteiger partial charge on any atom is -0.476 e. The van der Waals surface area contributed by atoms with E-state index in [-0.39, 0.29) is 23.2 Å². The van der Waals surface area contributed by atoms with Crippen LogP contribution in [0.15, 0.2) is 27.2 Å². The average Bonchev–Trinajstić information content (AvgIpc) is 2.70. The fourth-order valence-corrected chi connectivity index (χ4v) is 1.06. The number of oxazole rings is 1. The van der Waals surface area contributed by atoms with Crippen LogP contribution in [0.5, 0.6) is 0 Å². The number of furan rings is 1. The van der Waals surface area contributed by atoms with Gasteiger partial charge in [-0.2, -0.15) is 4.98 Å². The Kier molecular flexibility index (Phi) is 1.74. The van der Waals surface area contributed by atoms with Gasteiger partial charge in [0.25, 0.3) is 6.01 Å². The van der Waals surface area contributed by atoms with Crippen LogP contribution < -0.4 is 5.73 Å². The van der Waals surface area contributed by atoms with Gasteiger partial charge in [-0.3, -0.25) is 0 Å². The molecule has 0 spiro atoms. The summed E-state index contributed by atoms with van der Waals surface area (Å²) < 4.78 is 9.88. The van der Waals surface area contributed by atoms with Crippen molar-refractivity contribution in [3.05, 3.63) is 24.1 Å². The van der Waals surface area contributed by atoms with Crippen molar-refractivity contribution < 1.29 is 18.7 Å². The van der Waals surface area contributed by atoms with Crippen LogP contribution in [0.2, 0.25) is 0 Å². The summed E-state index contributed by atoms with van der Waals surface area (Å²) >= 11 is 0. The molecule has 14 heavy (non-hydrogen) atoms. The second-order valence-corrected chi connectivity index (χ2v) is 2.51. The Balaban J connectivity index is 2.58. The van der Waals surface area contributed by atoms with Crippen LogP contribution in [0.4, 0.5) is 6.01 Å². The zero-order chi connectivity index (χ0) is 10.1. The highest BCUT2D eigenvalue weighted by molar-refractivity contribution is 5.91. The summed E-state index contributed by atoms with van der Waals surface area (Å²) in [5.41, 5.74) is 4.99. The second-order valence-electron chi connectivity index (χ2n) is 2.51. The number of hydrogen-bond acceptors (Lipinski definition) is 5. The Bertz CT molecular complexity index is 458. The monoisotopic (exact) mass is 194 g/mol. The first kappa shape index (κ1) is 8.36. The van der Waals surface area contributed by atoms with E-state index in [1.807, 2.05) is 0 Å². The molecule has 72 valence electrons. The molecule has 6 nitrogen and oxygen atoms in total. The second kappa shape index (κ2) is 2.91. The van der Waals surface area contributed by atoms with Crippen LogP contribution in [0.1, 0.15) is 10.5 Å². The van der Waals surface area contributed by atoms with Gasteiger partial charge in [0.2, 0.25) is 5.76 Å². The third-order valence-corrected chi connectivity index (χ3v) is 1.59. The molecule has 2 rings (SSSR count). The molecule has 0 atom stereocenters. The average molecular weight is 194 g/mol. The van der Waals surface area contributed by atoms with Crippen molar-refractivity contribution in [1.82, 2.24) is 4.98 Å². The molecule has 0 amide bonds. The Hall–Kier alpha value is -2.24. The number of carbonyl (C=O) groups is 1. The Morgan fingerprint density at radius 3 is 2.93 bits per heavy atom. The summed E-state index contributed by atoms with van der Waals surface area (Å²) in [6.07, 6.45) is 1.40. The van der Waals surface area contributed by atoms with E-state index < -0.39 is 5.97 Å². The largest absolute Gasteiger partial charge is 0.476 e. The Morgan fingerprint density at radius 2 is 2.36 bits per heavy atom. The molecular weight excluding hydrogens is 188 g/mol. The summed E-state index contributed by atoms with van der Waals surface area (Å²) in [6, 6.07) is 2.97. The highest BCUT2D eigenvalue weighted by Crippen LogP contribution is 2.26. The van der Waals surface area contributed by atoms with E-state index in [9.17, 15) is 4.79 Å². The molecule has 0 bridgehead atoms. The molecular formula is C8H6N2O4. The molecule has 0 aliphatic carbocycles. The maximum absolute atomic E-state index is 10.7. The van der Waals surface area contributed by atoms with E-state index in [4.69, 9.17) is 19.7 Å². The highest BCUT2D eigenvalue weighted by atomic mass is 16.4. The molecule has 0 saturated heterocycles. The van der Waals surface area contributed by atoms with Crippen molar-refractivity contribution in [1.29, 1.82) is 0 Å². The first-order valence-electron chi connectivity index (χ1n) is 3.72. The summed E-state index contributed by atoms with van der Waals surface area (Å²) in [4.78, 5) is 14.2. The lowest BCUT2D eigenvalue weighted by Gasteiger charge is -1.90. The molecule has 0 saturated carbocycles. The van der Waals surface area contributed by atoms with E-state index >= 15 is 0 Å². The van der Waals surface area contributed by atoms with Gasteiger partial charge in [-0.15, -0.1) is 0 Å². The normalized spacial score (nSPS) is 10.3. The van der Waals surface area contributed by atoms with E-state index in [1.165, 1.54) is 6.26 Å². The summed E-state index contributed by atoms with van der Waals surface area (Å²) in [7, 11) is 0. The number of rotatable bonds is 2. The van der Waals surface area contributed by atoms with Gasteiger partial charge in [0, 0.05) is 0 Å². The molecule has 2 aromatic rings. The molecule has 2 heterocycles. The molecule has 0 aliphatic rings.